The molecule has 2 nitrogen and oxygen atoms in total. The second-order valence-electron chi connectivity index (χ2n) is 6.09. The quantitative estimate of drug-likeness (QED) is 0.467. The van der Waals surface area contributed by atoms with Crippen molar-refractivity contribution in [3.8, 4) is 11.1 Å². The largest absolute Gasteiger partial charge is 0.378 e. The van der Waals surface area contributed by atoms with E-state index in [0.29, 0.717) is 5.56 Å². The van der Waals surface area contributed by atoms with Gasteiger partial charge in [-0.1, -0.05) is 72.8 Å². The molecule has 0 unspecified atom stereocenters. The van der Waals surface area contributed by atoms with Gasteiger partial charge in [0.1, 0.15) is 0 Å². The van der Waals surface area contributed by atoms with Gasteiger partial charge in [-0.05, 0) is 34.9 Å². The Bertz CT molecular complexity index is 877. The summed E-state index contributed by atoms with van der Waals surface area (Å²) >= 11 is 0. The SMILES string of the molecule is CN(C)c1ccc(-c2ccccc2C=CC(=O)c2ccccc2)cc1. The lowest BCUT2D eigenvalue weighted by molar-refractivity contribution is 0.104. The normalized spacial score (nSPS) is 10.8. The van der Waals surface area contributed by atoms with Crippen LogP contribution in [0.15, 0.2) is 84.9 Å². The van der Waals surface area contributed by atoms with Crippen LogP contribution >= 0.6 is 0 Å². The van der Waals surface area contributed by atoms with Crippen molar-refractivity contribution in [3.05, 3.63) is 96.1 Å². The first kappa shape index (κ1) is 16.7. The molecule has 0 atom stereocenters. The Kier molecular flexibility index (Phi) is 5.10. The first-order valence-corrected chi connectivity index (χ1v) is 8.29. The predicted molar refractivity (Wildman–Crippen MR) is 106 cm³/mol. The molecule has 0 heterocycles. The van der Waals surface area contributed by atoms with Crippen molar-refractivity contribution >= 4 is 17.5 Å². The minimum atomic E-state index is 0.0124. The molecule has 0 amide bonds. The van der Waals surface area contributed by atoms with Crippen LogP contribution in [0.4, 0.5) is 5.69 Å². The number of hydrogen-bond donors (Lipinski definition) is 0. The van der Waals surface area contributed by atoms with Crippen LogP contribution in [-0.2, 0) is 0 Å². The molecule has 3 aromatic rings. The minimum Gasteiger partial charge on any atom is -0.378 e. The van der Waals surface area contributed by atoms with Gasteiger partial charge < -0.3 is 4.90 Å². The lowest BCUT2D eigenvalue weighted by Gasteiger charge is -2.13. The number of anilines is 1. The molecule has 0 aliphatic rings. The summed E-state index contributed by atoms with van der Waals surface area (Å²) in [5.74, 6) is 0.0124. The van der Waals surface area contributed by atoms with Crippen LogP contribution in [0.25, 0.3) is 17.2 Å². The maximum absolute atomic E-state index is 12.3. The first-order chi connectivity index (χ1) is 12.1. The van der Waals surface area contributed by atoms with Crippen molar-refractivity contribution in [1.82, 2.24) is 0 Å². The minimum absolute atomic E-state index is 0.0124. The molecule has 0 bridgehead atoms. The summed E-state index contributed by atoms with van der Waals surface area (Å²) in [6, 6.07) is 25.9. The zero-order chi connectivity index (χ0) is 17.6. The summed E-state index contributed by atoms with van der Waals surface area (Å²) in [6.07, 6.45) is 3.53. The second-order valence-corrected chi connectivity index (χ2v) is 6.09. The number of ketones is 1. The van der Waals surface area contributed by atoms with Gasteiger partial charge in [-0.2, -0.15) is 0 Å². The predicted octanol–water partition coefficient (Wildman–Crippen LogP) is 5.32. The third kappa shape index (κ3) is 4.04. The molecule has 25 heavy (non-hydrogen) atoms. The van der Waals surface area contributed by atoms with E-state index in [0.717, 1.165) is 22.4 Å². The monoisotopic (exact) mass is 327 g/mol. The standard InChI is InChI=1S/C23H21NO/c1-24(2)21-15-12-19(13-16-21)22-11-7-6-8-18(22)14-17-23(25)20-9-4-3-5-10-20/h3-17H,1-2H3. The van der Waals surface area contributed by atoms with Gasteiger partial charge in [-0.3, -0.25) is 4.79 Å². The summed E-state index contributed by atoms with van der Waals surface area (Å²) in [4.78, 5) is 14.4. The van der Waals surface area contributed by atoms with E-state index in [9.17, 15) is 4.79 Å². The molecule has 0 saturated heterocycles. The average molecular weight is 327 g/mol. The topological polar surface area (TPSA) is 20.3 Å². The van der Waals surface area contributed by atoms with E-state index < -0.39 is 0 Å². The molecule has 0 aromatic heterocycles. The van der Waals surface area contributed by atoms with Gasteiger partial charge in [-0.25, -0.2) is 0 Å². The average Bonchev–Trinajstić information content (AvgIpc) is 2.67. The van der Waals surface area contributed by atoms with Crippen LogP contribution in [0.5, 0.6) is 0 Å². The highest BCUT2D eigenvalue weighted by molar-refractivity contribution is 6.07. The van der Waals surface area contributed by atoms with Crippen molar-refractivity contribution in [2.24, 2.45) is 0 Å². The highest BCUT2D eigenvalue weighted by Gasteiger charge is 2.05. The Morgan fingerprint density at radius 3 is 2.12 bits per heavy atom. The number of carbonyl (C=O) groups is 1. The van der Waals surface area contributed by atoms with Gasteiger partial charge in [0, 0.05) is 25.3 Å². The first-order valence-electron chi connectivity index (χ1n) is 8.29. The third-order valence-corrected chi connectivity index (χ3v) is 4.13. The number of nitrogens with zero attached hydrogens (tertiary/aromatic N) is 1. The van der Waals surface area contributed by atoms with E-state index in [2.05, 4.69) is 35.2 Å². The number of carbonyl (C=O) groups excluding carboxylic acids is 1. The van der Waals surface area contributed by atoms with Crippen molar-refractivity contribution < 1.29 is 4.79 Å². The summed E-state index contributed by atoms with van der Waals surface area (Å²) in [5.41, 5.74) is 5.15. The fourth-order valence-electron chi connectivity index (χ4n) is 2.71. The number of hydrogen-bond acceptors (Lipinski definition) is 2. The molecular weight excluding hydrogens is 306 g/mol. The molecule has 3 aromatic carbocycles. The van der Waals surface area contributed by atoms with E-state index in [-0.39, 0.29) is 5.78 Å². The second kappa shape index (κ2) is 7.63. The molecule has 3 rings (SSSR count). The van der Waals surface area contributed by atoms with Crippen LogP contribution in [0.3, 0.4) is 0 Å². The van der Waals surface area contributed by atoms with E-state index in [1.165, 1.54) is 0 Å². The van der Waals surface area contributed by atoms with Crippen molar-refractivity contribution in [3.63, 3.8) is 0 Å². The highest BCUT2D eigenvalue weighted by atomic mass is 16.1. The van der Waals surface area contributed by atoms with Gasteiger partial charge in [0.15, 0.2) is 5.78 Å². The number of allylic oxidation sites excluding steroid dienone is 1. The Labute approximate surface area is 149 Å². The smallest absolute Gasteiger partial charge is 0.185 e. The Balaban J connectivity index is 1.88. The van der Waals surface area contributed by atoms with Crippen molar-refractivity contribution in [1.29, 1.82) is 0 Å². The van der Waals surface area contributed by atoms with Crippen LogP contribution in [0.1, 0.15) is 15.9 Å². The maximum atomic E-state index is 12.3. The van der Waals surface area contributed by atoms with Gasteiger partial charge in [-0.15, -0.1) is 0 Å². The fraction of sp³-hybridized carbons (Fsp3) is 0.0870. The zero-order valence-electron chi connectivity index (χ0n) is 14.5. The molecule has 0 aliphatic heterocycles. The molecule has 124 valence electrons. The Hall–Kier alpha value is -3.13. The Morgan fingerprint density at radius 1 is 0.800 bits per heavy atom. The fourth-order valence-corrected chi connectivity index (χ4v) is 2.71. The van der Waals surface area contributed by atoms with Crippen LogP contribution < -0.4 is 4.90 Å². The van der Waals surface area contributed by atoms with Crippen molar-refractivity contribution in [2.45, 2.75) is 0 Å². The molecule has 0 aliphatic carbocycles. The molecule has 0 N–H and O–H groups in total. The highest BCUT2D eigenvalue weighted by Crippen LogP contribution is 2.26. The van der Waals surface area contributed by atoms with Gasteiger partial charge in [0.25, 0.3) is 0 Å². The molecule has 0 saturated carbocycles. The maximum Gasteiger partial charge on any atom is 0.185 e. The van der Waals surface area contributed by atoms with E-state index in [1.807, 2.05) is 68.7 Å². The summed E-state index contributed by atoms with van der Waals surface area (Å²) in [5, 5.41) is 0. The summed E-state index contributed by atoms with van der Waals surface area (Å²) in [6.45, 7) is 0. The lowest BCUT2D eigenvalue weighted by atomic mass is 9.98. The van der Waals surface area contributed by atoms with E-state index in [1.54, 1.807) is 6.08 Å². The van der Waals surface area contributed by atoms with E-state index in [4.69, 9.17) is 0 Å². The lowest BCUT2D eigenvalue weighted by Crippen LogP contribution is -2.07. The van der Waals surface area contributed by atoms with Crippen LogP contribution in [0.2, 0.25) is 0 Å². The van der Waals surface area contributed by atoms with Crippen molar-refractivity contribution in [2.75, 3.05) is 19.0 Å². The van der Waals surface area contributed by atoms with Gasteiger partial charge >= 0.3 is 0 Å². The number of benzene rings is 3. The molecule has 0 radical (unpaired) electrons. The van der Waals surface area contributed by atoms with Gasteiger partial charge in [0.2, 0.25) is 0 Å². The molecule has 2 heteroatoms. The van der Waals surface area contributed by atoms with Crippen LogP contribution in [-0.4, -0.2) is 19.9 Å². The van der Waals surface area contributed by atoms with Gasteiger partial charge in [0.05, 0.1) is 0 Å². The third-order valence-electron chi connectivity index (χ3n) is 4.13. The molecule has 0 spiro atoms. The summed E-state index contributed by atoms with van der Waals surface area (Å²) in [7, 11) is 4.06. The Morgan fingerprint density at radius 2 is 1.44 bits per heavy atom. The molecular formula is C23H21NO. The van der Waals surface area contributed by atoms with E-state index >= 15 is 0 Å². The number of rotatable bonds is 5. The summed E-state index contributed by atoms with van der Waals surface area (Å²) < 4.78 is 0. The molecule has 0 fully saturated rings. The van der Waals surface area contributed by atoms with Crippen LogP contribution in [0, 0.1) is 0 Å². The zero-order valence-corrected chi connectivity index (χ0v) is 14.5.